The summed E-state index contributed by atoms with van der Waals surface area (Å²) in [4.78, 5) is 0. The monoisotopic (exact) mass is 963 g/mol. The zero-order chi connectivity index (χ0) is 49.6. The molecule has 76 heavy (non-hydrogen) atoms. The van der Waals surface area contributed by atoms with Crippen molar-refractivity contribution in [3.05, 3.63) is 295 Å². The van der Waals surface area contributed by atoms with Crippen LogP contribution in [0.2, 0.25) is 0 Å². The summed E-state index contributed by atoms with van der Waals surface area (Å²) in [6.45, 7) is 0. The Kier molecular flexibility index (Phi) is 8.48. The molecule has 17 rings (SSSR count). The van der Waals surface area contributed by atoms with Crippen molar-refractivity contribution in [2.24, 2.45) is 0 Å². The van der Waals surface area contributed by atoms with E-state index < -0.39 is 5.41 Å². The van der Waals surface area contributed by atoms with Crippen LogP contribution in [0.25, 0.3) is 126 Å². The molecule has 4 heterocycles. The molecule has 0 spiro atoms. The van der Waals surface area contributed by atoms with Crippen LogP contribution in [0.5, 0.6) is 0 Å². The van der Waals surface area contributed by atoms with Crippen LogP contribution in [-0.2, 0) is 5.41 Å². The Hall–Kier alpha value is -9.96. The third kappa shape index (κ3) is 5.56. The van der Waals surface area contributed by atoms with E-state index in [4.69, 9.17) is 0 Å². The molecular weight excluding hydrogens is 919 g/mol. The molecule has 0 atom stereocenters. The molecule has 12 aromatic carbocycles. The zero-order valence-corrected chi connectivity index (χ0v) is 41.3. The fraction of sp³-hybridized carbons (Fsp3) is 0.0137. The van der Waals surface area contributed by atoms with Gasteiger partial charge in [0.05, 0.1) is 44.0 Å². The van der Waals surface area contributed by atoms with Gasteiger partial charge in [0.15, 0.2) is 0 Å². The number of hydrogen-bond acceptors (Lipinski definition) is 0. The van der Waals surface area contributed by atoms with Gasteiger partial charge in [-0.05, 0) is 122 Å². The number of rotatable bonds is 6. The van der Waals surface area contributed by atoms with Crippen LogP contribution in [0.4, 0.5) is 0 Å². The third-order valence-electron chi connectivity index (χ3n) is 17.1. The Balaban J connectivity index is 0.755. The van der Waals surface area contributed by atoms with Gasteiger partial charge >= 0.3 is 0 Å². The maximum absolute atomic E-state index is 2.47. The smallest absolute Gasteiger partial charge is 0.0714 e. The lowest BCUT2D eigenvalue weighted by Crippen LogP contribution is -2.28. The quantitative estimate of drug-likeness (QED) is 0.158. The highest BCUT2D eigenvalue weighted by atomic mass is 15.0. The predicted octanol–water partition coefficient (Wildman–Crippen LogP) is 18.7. The van der Waals surface area contributed by atoms with Gasteiger partial charge in [-0.2, -0.15) is 0 Å². The van der Waals surface area contributed by atoms with Crippen molar-refractivity contribution in [3.63, 3.8) is 0 Å². The molecule has 4 aromatic heterocycles. The lowest BCUT2D eigenvalue weighted by atomic mass is 9.67. The fourth-order valence-electron chi connectivity index (χ4n) is 13.8. The van der Waals surface area contributed by atoms with Gasteiger partial charge in [-0.25, -0.2) is 0 Å². The van der Waals surface area contributed by atoms with Crippen molar-refractivity contribution in [1.82, 2.24) is 13.5 Å². The summed E-state index contributed by atoms with van der Waals surface area (Å²) in [5.74, 6) is 0. The molecule has 0 amide bonds. The van der Waals surface area contributed by atoms with Crippen molar-refractivity contribution in [3.8, 4) is 44.8 Å². The minimum atomic E-state index is -0.475. The SMILES string of the molecule is c1ccc(C2(c3ccccc3)c3ccccc3-c3ccc(-n4c5ccccc5c5cc(-c6ccc(-c7ccc8c(c7)c7ccccc7n8-c7ccc8c9cccc%10c%11ccccc%11n(c8c7)c%109)cc6)ccc54)cc32)cc1. The fourth-order valence-corrected chi connectivity index (χ4v) is 13.8. The van der Waals surface area contributed by atoms with E-state index in [0.717, 1.165) is 11.4 Å². The van der Waals surface area contributed by atoms with E-state index in [-0.39, 0.29) is 0 Å². The first-order chi connectivity index (χ1) is 37.7. The van der Waals surface area contributed by atoms with Crippen molar-refractivity contribution in [1.29, 1.82) is 0 Å². The van der Waals surface area contributed by atoms with Crippen LogP contribution in [0.3, 0.4) is 0 Å². The first kappa shape index (κ1) is 41.5. The second-order valence-corrected chi connectivity index (χ2v) is 20.8. The molecule has 0 fully saturated rings. The summed E-state index contributed by atoms with van der Waals surface area (Å²) in [6.07, 6.45) is 0. The number of fused-ring (bicyclic) bond motifs is 15. The minimum Gasteiger partial charge on any atom is -0.309 e. The van der Waals surface area contributed by atoms with Gasteiger partial charge in [-0.15, -0.1) is 0 Å². The number of aromatic nitrogens is 3. The number of nitrogens with zero attached hydrogens (tertiary/aromatic N) is 3. The molecular formula is C73H45N3. The number of benzene rings is 12. The van der Waals surface area contributed by atoms with E-state index in [2.05, 4.69) is 287 Å². The molecule has 1 aliphatic rings. The van der Waals surface area contributed by atoms with Crippen molar-refractivity contribution in [2.75, 3.05) is 0 Å². The second kappa shape index (κ2) is 15.5. The van der Waals surface area contributed by atoms with Crippen LogP contribution in [0.15, 0.2) is 273 Å². The van der Waals surface area contributed by atoms with Crippen LogP contribution in [0, 0.1) is 0 Å². The largest absolute Gasteiger partial charge is 0.309 e. The summed E-state index contributed by atoms with van der Waals surface area (Å²) in [6, 6.07) is 102. The van der Waals surface area contributed by atoms with E-state index in [9.17, 15) is 0 Å². The maximum atomic E-state index is 2.47. The standard InChI is InChI=1S/C73H45N3/c1-3-16-50(17-4-1)73(51-18-5-2-6-19-51)64-26-11-7-20-54(64)55-38-36-52(44-65(55)73)74-66-27-12-9-22-57(66)62-42-48(34-40-69(62)74)46-30-32-47(33-31-46)49-35-41-70-63(43-49)58-23-10-13-28-67(58)75(70)53-37-39-59-61-25-15-24-60-56-21-8-14-29-68(56)76(72(60)61)71(59)45-53/h1-45H. The molecule has 0 unspecified atom stereocenters. The van der Waals surface area contributed by atoms with Crippen LogP contribution in [0.1, 0.15) is 22.3 Å². The van der Waals surface area contributed by atoms with Crippen LogP contribution >= 0.6 is 0 Å². The molecule has 16 aromatic rings. The van der Waals surface area contributed by atoms with Crippen molar-refractivity contribution >= 4 is 81.7 Å². The van der Waals surface area contributed by atoms with E-state index in [1.165, 1.54) is 137 Å². The van der Waals surface area contributed by atoms with Gasteiger partial charge in [0, 0.05) is 54.5 Å². The third-order valence-corrected chi connectivity index (χ3v) is 17.1. The van der Waals surface area contributed by atoms with Gasteiger partial charge in [0.25, 0.3) is 0 Å². The van der Waals surface area contributed by atoms with E-state index in [0.29, 0.717) is 0 Å². The normalized spacial score (nSPS) is 13.1. The van der Waals surface area contributed by atoms with Gasteiger partial charge in [-0.3, -0.25) is 0 Å². The Morgan fingerprint density at radius 1 is 0.237 bits per heavy atom. The molecule has 0 N–H and O–H groups in total. The van der Waals surface area contributed by atoms with Crippen LogP contribution < -0.4 is 0 Å². The molecule has 0 bridgehead atoms. The number of hydrogen-bond donors (Lipinski definition) is 0. The summed E-state index contributed by atoms with van der Waals surface area (Å²) in [7, 11) is 0. The van der Waals surface area contributed by atoms with Crippen LogP contribution in [-0.4, -0.2) is 13.5 Å². The van der Waals surface area contributed by atoms with E-state index >= 15 is 0 Å². The van der Waals surface area contributed by atoms with Gasteiger partial charge in [0.1, 0.15) is 0 Å². The Morgan fingerprint density at radius 3 is 1.28 bits per heavy atom. The molecule has 1 aliphatic carbocycles. The number of para-hydroxylation sites is 4. The van der Waals surface area contributed by atoms with Crippen molar-refractivity contribution in [2.45, 2.75) is 5.41 Å². The topological polar surface area (TPSA) is 14.3 Å². The molecule has 0 radical (unpaired) electrons. The first-order valence-electron chi connectivity index (χ1n) is 26.4. The van der Waals surface area contributed by atoms with Gasteiger partial charge < -0.3 is 13.5 Å². The Morgan fingerprint density at radius 2 is 0.671 bits per heavy atom. The molecule has 3 nitrogen and oxygen atoms in total. The lowest BCUT2D eigenvalue weighted by Gasteiger charge is -2.34. The molecule has 0 aliphatic heterocycles. The first-order valence-corrected chi connectivity index (χ1v) is 26.4. The molecule has 352 valence electrons. The average molecular weight is 964 g/mol. The highest BCUT2D eigenvalue weighted by Crippen LogP contribution is 2.57. The van der Waals surface area contributed by atoms with Gasteiger partial charge in [-0.1, -0.05) is 206 Å². The van der Waals surface area contributed by atoms with Gasteiger partial charge in [0.2, 0.25) is 0 Å². The summed E-state index contributed by atoms with van der Waals surface area (Å²) in [5, 5.41) is 10.2. The average Bonchev–Trinajstić information content (AvgIpc) is 4.37. The predicted molar refractivity (Wildman–Crippen MR) is 318 cm³/mol. The van der Waals surface area contributed by atoms with E-state index in [1.807, 2.05) is 0 Å². The lowest BCUT2D eigenvalue weighted by molar-refractivity contribution is 0.767. The minimum absolute atomic E-state index is 0.475. The second-order valence-electron chi connectivity index (χ2n) is 20.8. The highest BCUT2D eigenvalue weighted by Gasteiger charge is 2.46. The maximum Gasteiger partial charge on any atom is 0.0714 e. The summed E-state index contributed by atoms with van der Waals surface area (Å²) < 4.78 is 7.39. The Labute approximate surface area is 438 Å². The zero-order valence-electron chi connectivity index (χ0n) is 41.3. The van der Waals surface area contributed by atoms with E-state index in [1.54, 1.807) is 0 Å². The highest BCUT2D eigenvalue weighted by molar-refractivity contribution is 6.23. The molecule has 0 saturated carbocycles. The molecule has 3 heteroatoms. The van der Waals surface area contributed by atoms with Crippen molar-refractivity contribution < 1.29 is 0 Å². The summed E-state index contributed by atoms with van der Waals surface area (Å²) in [5.41, 5.74) is 22.9. The summed E-state index contributed by atoms with van der Waals surface area (Å²) >= 11 is 0. The molecule has 0 saturated heterocycles. The Bertz CT molecular complexity index is 4990.